The topological polar surface area (TPSA) is 77.8 Å². The number of halogens is 1. The molecule has 0 saturated heterocycles. The Bertz CT molecular complexity index is 984. The lowest BCUT2D eigenvalue weighted by atomic mass is 9.78. The molecule has 2 aromatic carbocycles. The lowest BCUT2D eigenvalue weighted by Gasteiger charge is -2.28. The zero-order valence-electron chi connectivity index (χ0n) is 14.7. The van der Waals surface area contributed by atoms with Gasteiger partial charge in [-0.25, -0.2) is 9.97 Å². The molecule has 132 valence electrons. The van der Waals surface area contributed by atoms with E-state index in [1.807, 2.05) is 19.1 Å². The maximum atomic E-state index is 6.41. The van der Waals surface area contributed by atoms with E-state index in [2.05, 4.69) is 29.2 Å². The van der Waals surface area contributed by atoms with Crippen molar-refractivity contribution in [2.24, 2.45) is 0 Å². The molecule has 1 aromatic heterocycles. The van der Waals surface area contributed by atoms with Gasteiger partial charge in [0.25, 0.3) is 0 Å². The van der Waals surface area contributed by atoms with Crippen molar-refractivity contribution in [3.63, 3.8) is 0 Å². The number of rotatable bonds is 2. The number of nitrogens with two attached hydrogens (primary N) is 2. The lowest BCUT2D eigenvalue weighted by Crippen LogP contribution is -2.16. The monoisotopic (exact) mass is 364 g/mol. The number of aryl methyl sites for hydroxylation is 2. The number of hydrogen-bond donors (Lipinski definition) is 2. The van der Waals surface area contributed by atoms with E-state index in [0.717, 1.165) is 36.1 Å². The van der Waals surface area contributed by atoms with Crippen molar-refractivity contribution in [3.05, 3.63) is 70.0 Å². The van der Waals surface area contributed by atoms with Gasteiger partial charge in [0.2, 0.25) is 0 Å². The lowest BCUT2D eigenvalue weighted by molar-refractivity contribution is 0.614. The van der Waals surface area contributed by atoms with Gasteiger partial charge in [-0.2, -0.15) is 0 Å². The van der Waals surface area contributed by atoms with Crippen LogP contribution in [-0.2, 0) is 6.42 Å². The molecule has 0 saturated carbocycles. The number of benzene rings is 2. The van der Waals surface area contributed by atoms with Crippen molar-refractivity contribution in [3.8, 4) is 11.3 Å². The van der Waals surface area contributed by atoms with Gasteiger partial charge in [0.05, 0.1) is 16.4 Å². The smallest absolute Gasteiger partial charge is 0.131 e. The summed E-state index contributed by atoms with van der Waals surface area (Å²) in [6.07, 6.45) is 3.25. The van der Waals surface area contributed by atoms with E-state index in [0.29, 0.717) is 22.4 Å². The van der Waals surface area contributed by atoms with Gasteiger partial charge in [0.1, 0.15) is 11.6 Å². The van der Waals surface area contributed by atoms with Crippen molar-refractivity contribution in [2.45, 2.75) is 32.1 Å². The largest absolute Gasteiger partial charge is 0.398 e. The summed E-state index contributed by atoms with van der Waals surface area (Å²) in [7, 11) is 0. The van der Waals surface area contributed by atoms with Crippen LogP contribution in [0.25, 0.3) is 11.3 Å². The Morgan fingerprint density at radius 3 is 2.69 bits per heavy atom. The Morgan fingerprint density at radius 1 is 1.08 bits per heavy atom. The summed E-state index contributed by atoms with van der Waals surface area (Å²) in [6.45, 7) is 1.86. The second-order valence-corrected chi connectivity index (χ2v) is 7.21. The number of anilines is 2. The molecule has 5 heteroatoms. The highest BCUT2D eigenvalue weighted by Gasteiger charge is 2.27. The minimum Gasteiger partial charge on any atom is -0.398 e. The first-order valence-corrected chi connectivity index (χ1v) is 9.19. The number of fused-ring (bicyclic) bond motifs is 1. The molecule has 0 bridgehead atoms. The molecule has 4 nitrogen and oxygen atoms in total. The molecule has 0 unspecified atom stereocenters. The van der Waals surface area contributed by atoms with E-state index in [9.17, 15) is 0 Å². The average Bonchev–Trinajstić information content (AvgIpc) is 2.63. The van der Waals surface area contributed by atoms with Gasteiger partial charge in [-0.15, -0.1) is 0 Å². The molecule has 0 fully saturated rings. The van der Waals surface area contributed by atoms with Gasteiger partial charge in [-0.1, -0.05) is 41.9 Å². The number of hydrogen-bond acceptors (Lipinski definition) is 4. The van der Waals surface area contributed by atoms with Crippen molar-refractivity contribution in [1.82, 2.24) is 9.97 Å². The molecular weight excluding hydrogens is 344 g/mol. The Hall–Kier alpha value is -2.59. The molecule has 0 radical (unpaired) electrons. The third-order valence-electron chi connectivity index (χ3n) is 5.07. The molecule has 4 rings (SSSR count). The average molecular weight is 365 g/mol. The van der Waals surface area contributed by atoms with Crippen LogP contribution in [0.2, 0.25) is 5.02 Å². The second-order valence-electron chi connectivity index (χ2n) is 6.80. The van der Waals surface area contributed by atoms with E-state index in [1.165, 1.54) is 11.1 Å². The number of nitrogens with zero attached hydrogens (tertiary/aromatic N) is 2. The minimum absolute atomic E-state index is 0.187. The van der Waals surface area contributed by atoms with E-state index in [-0.39, 0.29) is 5.92 Å². The fourth-order valence-electron chi connectivity index (χ4n) is 3.91. The highest BCUT2D eigenvalue weighted by molar-refractivity contribution is 6.33. The van der Waals surface area contributed by atoms with Crippen LogP contribution >= 0.6 is 11.6 Å². The second kappa shape index (κ2) is 6.61. The molecule has 0 aliphatic heterocycles. The molecule has 26 heavy (non-hydrogen) atoms. The predicted octanol–water partition coefficient (Wildman–Crippen LogP) is 4.74. The summed E-state index contributed by atoms with van der Waals surface area (Å²) in [4.78, 5) is 9.19. The van der Waals surface area contributed by atoms with Crippen LogP contribution in [0.1, 0.15) is 41.3 Å². The van der Waals surface area contributed by atoms with E-state index < -0.39 is 0 Å². The molecule has 4 N–H and O–H groups in total. The fourth-order valence-corrected chi connectivity index (χ4v) is 4.03. The van der Waals surface area contributed by atoms with E-state index in [4.69, 9.17) is 28.1 Å². The molecule has 0 amide bonds. The van der Waals surface area contributed by atoms with Crippen LogP contribution < -0.4 is 11.5 Å². The van der Waals surface area contributed by atoms with E-state index in [1.54, 1.807) is 6.07 Å². The Morgan fingerprint density at radius 2 is 1.88 bits per heavy atom. The first-order valence-electron chi connectivity index (χ1n) is 8.82. The Kier molecular flexibility index (Phi) is 4.29. The third kappa shape index (κ3) is 2.90. The first kappa shape index (κ1) is 16.9. The molecule has 3 aromatic rings. The van der Waals surface area contributed by atoms with Gasteiger partial charge >= 0.3 is 0 Å². The predicted molar refractivity (Wildman–Crippen MR) is 107 cm³/mol. The summed E-state index contributed by atoms with van der Waals surface area (Å²) in [5.41, 5.74) is 18.4. The zero-order valence-corrected chi connectivity index (χ0v) is 15.4. The van der Waals surface area contributed by atoms with Gasteiger partial charge < -0.3 is 11.5 Å². The SMILES string of the molecule is Cc1nc(N)c([C@@H]2CCCc3ccccc32)c(-c2ccc(Cl)c(N)c2)n1. The van der Waals surface area contributed by atoms with Crippen LogP contribution in [0, 0.1) is 6.92 Å². The number of nitrogen functional groups attached to an aromatic ring is 2. The summed E-state index contributed by atoms with van der Waals surface area (Å²) in [5, 5.41) is 0.539. The normalized spacial score (nSPS) is 16.3. The van der Waals surface area contributed by atoms with Gasteiger partial charge in [0.15, 0.2) is 0 Å². The van der Waals surface area contributed by atoms with Gasteiger partial charge in [0, 0.05) is 17.0 Å². The van der Waals surface area contributed by atoms with Crippen molar-refractivity contribution in [1.29, 1.82) is 0 Å². The molecule has 1 aliphatic rings. The Balaban J connectivity index is 1.94. The van der Waals surface area contributed by atoms with Crippen molar-refractivity contribution in [2.75, 3.05) is 11.5 Å². The summed E-state index contributed by atoms with van der Waals surface area (Å²) < 4.78 is 0. The molecule has 1 heterocycles. The fraction of sp³-hybridized carbons (Fsp3) is 0.238. The van der Waals surface area contributed by atoms with Crippen LogP contribution in [0.3, 0.4) is 0 Å². The summed E-state index contributed by atoms with van der Waals surface area (Å²) >= 11 is 6.10. The molecule has 1 aliphatic carbocycles. The zero-order chi connectivity index (χ0) is 18.3. The standard InChI is InChI=1S/C21H21ClN4/c1-12-25-20(14-9-10-17(22)18(23)11-14)19(21(24)26-12)16-8-4-6-13-5-2-3-7-15(13)16/h2-3,5,7,9-11,16H,4,6,8,23H2,1H3,(H2,24,25,26)/t16-/m1/s1. The van der Waals surface area contributed by atoms with Gasteiger partial charge in [-0.3, -0.25) is 0 Å². The third-order valence-corrected chi connectivity index (χ3v) is 5.42. The van der Waals surface area contributed by atoms with Crippen LogP contribution in [0.5, 0.6) is 0 Å². The van der Waals surface area contributed by atoms with Crippen LogP contribution in [0.4, 0.5) is 11.5 Å². The van der Waals surface area contributed by atoms with Crippen LogP contribution in [-0.4, -0.2) is 9.97 Å². The minimum atomic E-state index is 0.187. The van der Waals surface area contributed by atoms with Crippen LogP contribution in [0.15, 0.2) is 42.5 Å². The molecular formula is C21H21ClN4. The quantitative estimate of drug-likeness (QED) is 0.644. The van der Waals surface area contributed by atoms with Crippen molar-refractivity contribution < 1.29 is 0 Å². The molecule has 0 spiro atoms. The molecule has 1 atom stereocenters. The first-order chi connectivity index (χ1) is 12.5. The van der Waals surface area contributed by atoms with E-state index >= 15 is 0 Å². The number of aromatic nitrogens is 2. The maximum absolute atomic E-state index is 6.41. The summed E-state index contributed by atoms with van der Waals surface area (Å²) in [5.74, 6) is 1.38. The highest BCUT2D eigenvalue weighted by atomic mass is 35.5. The highest BCUT2D eigenvalue weighted by Crippen LogP contribution is 2.42. The Labute approximate surface area is 158 Å². The summed E-state index contributed by atoms with van der Waals surface area (Å²) in [6, 6.07) is 14.2. The maximum Gasteiger partial charge on any atom is 0.131 e. The van der Waals surface area contributed by atoms with Crippen molar-refractivity contribution >= 4 is 23.1 Å². The van der Waals surface area contributed by atoms with Gasteiger partial charge in [-0.05, 0) is 49.4 Å².